The van der Waals surface area contributed by atoms with E-state index in [9.17, 15) is 40.7 Å². The van der Waals surface area contributed by atoms with Crippen molar-refractivity contribution in [1.82, 2.24) is 10.6 Å². The lowest BCUT2D eigenvalue weighted by Gasteiger charge is -2.21. The largest absolute Gasteiger partial charge is 0.416 e. The van der Waals surface area contributed by atoms with Crippen LogP contribution in [0.2, 0.25) is 0 Å². The molecule has 0 saturated carbocycles. The van der Waals surface area contributed by atoms with E-state index < -0.39 is 72.0 Å². The summed E-state index contributed by atoms with van der Waals surface area (Å²) in [6.45, 7) is 0.0891. The van der Waals surface area contributed by atoms with Crippen molar-refractivity contribution in [2.45, 2.75) is 49.7 Å². The molecule has 2 rings (SSSR count). The van der Waals surface area contributed by atoms with Gasteiger partial charge in [-0.1, -0.05) is 30.3 Å². The van der Waals surface area contributed by atoms with Gasteiger partial charge in [0, 0.05) is 19.5 Å². The zero-order chi connectivity index (χ0) is 29.4. The third-order valence-electron chi connectivity index (χ3n) is 5.74. The number of hydrogen-bond acceptors (Lipinski definition) is 6. The lowest BCUT2D eigenvalue weighted by atomic mass is 9.96. The molecule has 39 heavy (non-hydrogen) atoms. The summed E-state index contributed by atoms with van der Waals surface area (Å²) in [7, 11) is 0. The van der Waals surface area contributed by atoms with Crippen molar-refractivity contribution in [3.63, 3.8) is 0 Å². The standard InChI is InChI=1S/C25H29F6N5O3/c26-24(27,28)16-6-4-14(5-7-16)9-20(21(37)10-15-2-1-3-17(8-15)25(29,30)31)36-23(39)19(34)11-22(38)35-18(12-32)13-33/h1-8,18-20H,9-13,32-34H2,(H,35,38)(H,36,39)/t19-,20-/m0/s1. The predicted molar refractivity (Wildman–Crippen MR) is 130 cm³/mol. The molecule has 0 radical (unpaired) electrons. The summed E-state index contributed by atoms with van der Waals surface area (Å²) >= 11 is 0. The molecular formula is C25H29F6N5O3. The fourth-order valence-electron chi connectivity index (χ4n) is 3.56. The normalized spacial score (nSPS) is 13.6. The minimum Gasteiger partial charge on any atom is -0.351 e. The molecule has 8 nitrogen and oxygen atoms in total. The Morgan fingerprint density at radius 1 is 0.795 bits per heavy atom. The average molecular weight is 562 g/mol. The van der Waals surface area contributed by atoms with Gasteiger partial charge in [0.1, 0.15) is 0 Å². The van der Waals surface area contributed by atoms with Gasteiger partial charge in [-0.3, -0.25) is 14.4 Å². The maximum Gasteiger partial charge on any atom is 0.416 e. The smallest absolute Gasteiger partial charge is 0.351 e. The molecule has 0 aliphatic heterocycles. The van der Waals surface area contributed by atoms with E-state index in [1.54, 1.807) is 0 Å². The van der Waals surface area contributed by atoms with E-state index in [2.05, 4.69) is 10.6 Å². The van der Waals surface area contributed by atoms with Crippen LogP contribution in [0.15, 0.2) is 48.5 Å². The van der Waals surface area contributed by atoms with Crippen LogP contribution in [-0.2, 0) is 39.6 Å². The van der Waals surface area contributed by atoms with Crippen molar-refractivity contribution in [2.75, 3.05) is 13.1 Å². The molecule has 0 saturated heterocycles. The van der Waals surface area contributed by atoms with Gasteiger partial charge in [-0.15, -0.1) is 0 Å². The Morgan fingerprint density at radius 3 is 1.92 bits per heavy atom. The monoisotopic (exact) mass is 561 g/mol. The molecule has 2 atom stereocenters. The van der Waals surface area contributed by atoms with E-state index in [0.29, 0.717) is 0 Å². The zero-order valence-corrected chi connectivity index (χ0v) is 20.6. The molecule has 2 amide bonds. The third kappa shape index (κ3) is 9.96. The molecule has 2 aromatic rings. The van der Waals surface area contributed by atoms with Crippen LogP contribution in [0.5, 0.6) is 0 Å². The molecule has 0 aliphatic carbocycles. The Balaban J connectivity index is 2.22. The van der Waals surface area contributed by atoms with Gasteiger partial charge in [0.2, 0.25) is 11.8 Å². The minimum absolute atomic E-state index is 0.0137. The molecule has 214 valence electrons. The highest BCUT2D eigenvalue weighted by Crippen LogP contribution is 2.30. The molecule has 0 fully saturated rings. The predicted octanol–water partition coefficient (Wildman–Crippen LogP) is 1.68. The number of Topliss-reactive ketones (excluding diaryl/α,β-unsaturated/α-hetero) is 1. The minimum atomic E-state index is -4.65. The summed E-state index contributed by atoms with van der Waals surface area (Å²) < 4.78 is 77.9. The van der Waals surface area contributed by atoms with Crippen molar-refractivity contribution in [3.8, 4) is 0 Å². The first-order valence-electron chi connectivity index (χ1n) is 11.7. The van der Waals surface area contributed by atoms with Crippen molar-refractivity contribution in [3.05, 3.63) is 70.8 Å². The van der Waals surface area contributed by atoms with Gasteiger partial charge >= 0.3 is 12.4 Å². The molecular weight excluding hydrogens is 532 g/mol. The average Bonchev–Trinajstić information content (AvgIpc) is 2.86. The van der Waals surface area contributed by atoms with E-state index in [-0.39, 0.29) is 30.6 Å². The van der Waals surface area contributed by atoms with Crippen LogP contribution >= 0.6 is 0 Å². The molecule has 8 N–H and O–H groups in total. The van der Waals surface area contributed by atoms with Crippen LogP contribution in [0, 0.1) is 0 Å². The molecule has 0 unspecified atom stereocenters. The van der Waals surface area contributed by atoms with Gasteiger partial charge in [0.15, 0.2) is 5.78 Å². The molecule has 0 heterocycles. The summed E-state index contributed by atoms with van der Waals surface area (Å²) in [4.78, 5) is 37.9. The number of hydrogen-bond donors (Lipinski definition) is 5. The second-order valence-corrected chi connectivity index (χ2v) is 8.85. The number of carbonyl (C=O) groups excluding carboxylic acids is 3. The Morgan fingerprint density at radius 2 is 1.38 bits per heavy atom. The van der Waals surface area contributed by atoms with Gasteiger partial charge in [-0.2, -0.15) is 26.3 Å². The fraction of sp³-hybridized carbons (Fsp3) is 0.400. The zero-order valence-electron chi connectivity index (χ0n) is 20.6. The Hall–Kier alpha value is -3.49. The number of nitrogens with two attached hydrogens (primary N) is 3. The topological polar surface area (TPSA) is 153 Å². The highest BCUT2D eigenvalue weighted by molar-refractivity contribution is 5.94. The number of carbonyl (C=O) groups is 3. The van der Waals surface area contributed by atoms with Crippen LogP contribution in [0.3, 0.4) is 0 Å². The molecule has 0 bridgehead atoms. The first kappa shape index (κ1) is 31.7. The number of halogens is 6. The van der Waals surface area contributed by atoms with Crippen LogP contribution in [-0.4, -0.2) is 48.8 Å². The van der Waals surface area contributed by atoms with Crippen molar-refractivity contribution in [1.29, 1.82) is 0 Å². The van der Waals surface area contributed by atoms with Gasteiger partial charge in [0.25, 0.3) is 0 Å². The summed E-state index contributed by atoms with van der Waals surface area (Å²) in [5.41, 5.74) is 15.1. The van der Waals surface area contributed by atoms with Gasteiger partial charge in [-0.25, -0.2) is 0 Å². The second kappa shape index (κ2) is 13.5. The van der Waals surface area contributed by atoms with E-state index in [0.717, 1.165) is 42.5 Å². The third-order valence-corrected chi connectivity index (χ3v) is 5.74. The van der Waals surface area contributed by atoms with Gasteiger partial charge in [-0.05, 0) is 35.7 Å². The quantitative estimate of drug-likeness (QED) is 0.249. The molecule has 14 heteroatoms. The van der Waals surface area contributed by atoms with E-state index >= 15 is 0 Å². The van der Waals surface area contributed by atoms with Crippen molar-refractivity contribution >= 4 is 17.6 Å². The van der Waals surface area contributed by atoms with Crippen LogP contribution in [0.25, 0.3) is 0 Å². The van der Waals surface area contributed by atoms with Crippen LogP contribution < -0.4 is 27.8 Å². The van der Waals surface area contributed by atoms with Crippen LogP contribution in [0.1, 0.15) is 28.7 Å². The Bertz CT molecular complexity index is 1130. The van der Waals surface area contributed by atoms with Gasteiger partial charge in [0.05, 0.1) is 35.7 Å². The van der Waals surface area contributed by atoms with Crippen molar-refractivity contribution in [2.24, 2.45) is 17.2 Å². The second-order valence-electron chi connectivity index (χ2n) is 8.85. The summed E-state index contributed by atoms with van der Waals surface area (Å²) in [6.07, 6.45) is -10.5. The lowest BCUT2D eigenvalue weighted by Crippen LogP contribution is -2.52. The Kier molecular flexibility index (Phi) is 11.0. The highest BCUT2D eigenvalue weighted by Gasteiger charge is 2.32. The van der Waals surface area contributed by atoms with Gasteiger partial charge < -0.3 is 27.8 Å². The number of rotatable bonds is 12. The van der Waals surface area contributed by atoms with Crippen LogP contribution in [0.4, 0.5) is 26.3 Å². The summed E-state index contributed by atoms with van der Waals surface area (Å²) in [5, 5.41) is 4.86. The SMILES string of the molecule is NCC(CN)NC(=O)C[C@H](N)C(=O)N[C@@H](Cc1ccc(C(F)(F)F)cc1)C(=O)Cc1cccc(C(F)(F)F)c1. The summed E-state index contributed by atoms with van der Waals surface area (Å²) in [5.74, 6) is -2.27. The molecule has 0 aliphatic rings. The number of alkyl halides is 6. The van der Waals surface area contributed by atoms with E-state index in [1.807, 2.05) is 0 Å². The van der Waals surface area contributed by atoms with E-state index in [4.69, 9.17) is 17.2 Å². The maximum atomic E-state index is 13.1. The van der Waals surface area contributed by atoms with E-state index in [1.165, 1.54) is 6.07 Å². The number of nitrogens with one attached hydrogen (secondary N) is 2. The summed E-state index contributed by atoms with van der Waals surface area (Å²) in [6, 6.07) is 4.55. The highest BCUT2D eigenvalue weighted by atomic mass is 19.4. The Labute approximate surface area is 220 Å². The number of amides is 2. The molecule has 2 aromatic carbocycles. The lowest BCUT2D eigenvalue weighted by molar-refractivity contribution is -0.138. The molecule has 0 aromatic heterocycles. The first-order valence-corrected chi connectivity index (χ1v) is 11.7. The molecule has 0 spiro atoms. The number of ketones is 1. The fourth-order valence-corrected chi connectivity index (χ4v) is 3.56. The maximum absolute atomic E-state index is 13.1. The first-order chi connectivity index (χ1) is 18.1. The van der Waals surface area contributed by atoms with Crippen molar-refractivity contribution < 1.29 is 40.7 Å². The number of benzene rings is 2.